The smallest absolute Gasteiger partial charge is 0.282 e. The van der Waals surface area contributed by atoms with E-state index in [-0.39, 0.29) is 17.6 Å². The number of pyridine rings is 2. The molecule has 1 N–H and O–H groups in total. The van der Waals surface area contributed by atoms with Crippen molar-refractivity contribution in [2.45, 2.75) is 25.5 Å². The first-order valence-electron chi connectivity index (χ1n) is 10.2. The van der Waals surface area contributed by atoms with Crippen LogP contribution in [0.1, 0.15) is 23.2 Å². The van der Waals surface area contributed by atoms with E-state index < -0.39 is 0 Å². The molecule has 3 aliphatic heterocycles. The minimum absolute atomic E-state index is 0.0674. The number of carbonyl (C=O) groups excluding carboxylic acids is 1. The number of nitrogens with zero attached hydrogens (tertiary/aromatic N) is 4. The summed E-state index contributed by atoms with van der Waals surface area (Å²) in [6.07, 6.45) is 8.75. The lowest BCUT2D eigenvalue weighted by molar-refractivity contribution is 0.0961. The number of rotatable bonds is 5. The zero-order valence-electron chi connectivity index (χ0n) is 16.8. The molecule has 0 saturated carbocycles. The number of benzene rings is 1. The van der Waals surface area contributed by atoms with Gasteiger partial charge < -0.3 is 14.6 Å². The first-order valence-corrected chi connectivity index (χ1v) is 10.2. The van der Waals surface area contributed by atoms with E-state index >= 15 is 0 Å². The van der Waals surface area contributed by atoms with Crippen molar-refractivity contribution in [2.24, 2.45) is 0 Å². The molecule has 8 heteroatoms. The number of para-hydroxylation sites is 1. The zero-order valence-corrected chi connectivity index (χ0v) is 16.8. The standard InChI is InChI=1S/C23H21N5O3/c29-22(25-16-8-10-24-11-9-16)19-14-27(13-18-7-4-12-31-18)15-20-21(19)26-28(23(20)30)17-5-2-1-3-6-17/h1-3,5-6,8-11,14-15,18H,4,7,12-13H2,(H,24,25,29)/t18-/m0/s1. The Bertz CT molecular complexity index is 1230. The SMILES string of the molecule is O=C(Nc1ccncc1)c1cn(C[C@@H]2CCCO2)cc2c(=O)n(-c3ccccc3)nc1-2. The summed E-state index contributed by atoms with van der Waals surface area (Å²) in [5.74, 6) is -0.337. The third-order valence-electron chi connectivity index (χ3n) is 5.34. The molecule has 4 heterocycles. The Hall–Kier alpha value is -3.78. The zero-order chi connectivity index (χ0) is 21.2. The van der Waals surface area contributed by atoms with Crippen LogP contribution in [0.4, 0.5) is 5.69 Å². The van der Waals surface area contributed by atoms with Crippen molar-refractivity contribution >= 4 is 11.6 Å². The van der Waals surface area contributed by atoms with Crippen LogP contribution in [0.2, 0.25) is 0 Å². The highest BCUT2D eigenvalue weighted by Crippen LogP contribution is 2.24. The summed E-state index contributed by atoms with van der Waals surface area (Å²) in [5.41, 5.74) is 2.09. The average Bonchev–Trinajstić information content (AvgIpc) is 3.43. The molecular formula is C23H21N5O3. The highest BCUT2D eigenvalue weighted by Gasteiger charge is 2.26. The van der Waals surface area contributed by atoms with E-state index in [1.807, 2.05) is 34.9 Å². The molecule has 0 radical (unpaired) electrons. The molecule has 31 heavy (non-hydrogen) atoms. The summed E-state index contributed by atoms with van der Waals surface area (Å²) in [7, 11) is 0. The van der Waals surface area contributed by atoms with Gasteiger partial charge in [-0.05, 0) is 37.1 Å². The van der Waals surface area contributed by atoms with Gasteiger partial charge in [0, 0.05) is 43.6 Å². The Morgan fingerprint density at radius 1 is 1.13 bits per heavy atom. The van der Waals surface area contributed by atoms with E-state index in [0.29, 0.717) is 34.7 Å². The third-order valence-corrected chi connectivity index (χ3v) is 5.34. The van der Waals surface area contributed by atoms with Gasteiger partial charge >= 0.3 is 0 Å². The number of fused-ring (bicyclic) bond motifs is 1. The molecule has 156 valence electrons. The van der Waals surface area contributed by atoms with Crippen molar-refractivity contribution in [1.29, 1.82) is 0 Å². The molecule has 5 rings (SSSR count). The quantitative estimate of drug-likeness (QED) is 0.541. The molecule has 3 aliphatic rings. The van der Waals surface area contributed by atoms with E-state index in [1.165, 1.54) is 4.68 Å². The fraction of sp³-hybridized carbons (Fsp3) is 0.217. The van der Waals surface area contributed by atoms with Crippen LogP contribution in [0.15, 0.2) is 72.0 Å². The molecule has 0 unspecified atom stereocenters. The molecule has 1 saturated heterocycles. The topological polar surface area (TPSA) is 91.0 Å². The average molecular weight is 415 g/mol. The highest BCUT2D eigenvalue weighted by molar-refractivity contribution is 6.08. The fourth-order valence-electron chi connectivity index (χ4n) is 3.83. The van der Waals surface area contributed by atoms with Crippen molar-refractivity contribution in [3.05, 3.63) is 83.2 Å². The van der Waals surface area contributed by atoms with Crippen LogP contribution < -0.4 is 10.9 Å². The Balaban J connectivity index is 1.60. The van der Waals surface area contributed by atoms with E-state index in [9.17, 15) is 9.59 Å². The maximum Gasteiger partial charge on any atom is 0.282 e. The number of aromatic nitrogens is 4. The monoisotopic (exact) mass is 415 g/mol. The van der Waals surface area contributed by atoms with Crippen LogP contribution in [-0.2, 0) is 11.3 Å². The summed E-state index contributed by atoms with van der Waals surface area (Å²) in [5, 5.41) is 7.37. The summed E-state index contributed by atoms with van der Waals surface area (Å²) in [6, 6.07) is 12.6. The van der Waals surface area contributed by atoms with Crippen LogP contribution in [0.25, 0.3) is 16.9 Å². The maximum atomic E-state index is 13.2. The number of hydrogen-bond donors (Lipinski definition) is 1. The second kappa shape index (κ2) is 8.16. The Morgan fingerprint density at radius 2 is 1.94 bits per heavy atom. The first kappa shape index (κ1) is 19.2. The molecule has 1 aromatic heterocycles. The highest BCUT2D eigenvalue weighted by atomic mass is 16.5. The van der Waals surface area contributed by atoms with Gasteiger partial charge in [-0.1, -0.05) is 18.2 Å². The molecule has 1 fully saturated rings. The van der Waals surface area contributed by atoms with Gasteiger partial charge in [0.15, 0.2) is 0 Å². The predicted octanol–water partition coefficient (Wildman–Crippen LogP) is 2.97. The normalized spacial score (nSPS) is 15.9. The lowest BCUT2D eigenvalue weighted by atomic mass is 10.1. The van der Waals surface area contributed by atoms with Gasteiger partial charge in [-0.25, -0.2) is 0 Å². The third kappa shape index (κ3) is 3.85. The molecule has 1 amide bonds. The van der Waals surface area contributed by atoms with Crippen LogP contribution in [0, 0.1) is 0 Å². The number of amides is 1. The van der Waals surface area contributed by atoms with Crippen molar-refractivity contribution in [2.75, 3.05) is 11.9 Å². The minimum atomic E-state index is -0.337. The van der Waals surface area contributed by atoms with Gasteiger partial charge in [-0.15, -0.1) is 0 Å². The Morgan fingerprint density at radius 3 is 2.68 bits per heavy atom. The van der Waals surface area contributed by atoms with E-state index in [0.717, 1.165) is 19.4 Å². The molecule has 0 aliphatic carbocycles. The van der Waals surface area contributed by atoms with E-state index in [1.54, 1.807) is 36.9 Å². The lowest BCUT2D eigenvalue weighted by Gasteiger charge is -2.16. The number of hydrogen-bond acceptors (Lipinski definition) is 5. The van der Waals surface area contributed by atoms with Crippen LogP contribution >= 0.6 is 0 Å². The van der Waals surface area contributed by atoms with Gasteiger partial charge in [0.2, 0.25) is 0 Å². The van der Waals surface area contributed by atoms with Gasteiger partial charge in [0.1, 0.15) is 5.69 Å². The largest absolute Gasteiger partial charge is 0.376 e. The van der Waals surface area contributed by atoms with Crippen molar-refractivity contribution in [3.8, 4) is 16.9 Å². The second-order valence-corrected chi connectivity index (χ2v) is 7.51. The molecule has 0 bridgehead atoms. The molecule has 1 atom stereocenters. The maximum absolute atomic E-state index is 13.2. The van der Waals surface area contributed by atoms with Gasteiger partial charge in [0.25, 0.3) is 11.5 Å². The molecular weight excluding hydrogens is 394 g/mol. The predicted molar refractivity (Wildman–Crippen MR) is 116 cm³/mol. The van der Waals surface area contributed by atoms with Crippen molar-refractivity contribution in [3.63, 3.8) is 0 Å². The molecule has 1 aromatic carbocycles. The van der Waals surface area contributed by atoms with E-state index in [4.69, 9.17) is 4.74 Å². The molecule has 2 aromatic rings. The Labute approximate surface area is 178 Å². The van der Waals surface area contributed by atoms with E-state index in [2.05, 4.69) is 15.4 Å². The summed E-state index contributed by atoms with van der Waals surface area (Å²) >= 11 is 0. The summed E-state index contributed by atoms with van der Waals surface area (Å²) in [6.45, 7) is 1.31. The molecule has 8 nitrogen and oxygen atoms in total. The number of carbonyl (C=O) groups is 1. The van der Waals surface area contributed by atoms with Gasteiger partial charge in [0.05, 0.1) is 22.9 Å². The molecule has 0 spiro atoms. The van der Waals surface area contributed by atoms with Crippen LogP contribution in [-0.4, -0.2) is 37.9 Å². The fourth-order valence-corrected chi connectivity index (χ4v) is 3.83. The Kier molecular flexibility index (Phi) is 5.05. The number of ether oxygens (including phenoxy) is 1. The number of anilines is 1. The minimum Gasteiger partial charge on any atom is -0.376 e. The van der Waals surface area contributed by atoms with Crippen molar-refractivity contribution < 1.29 is 9.53 Å². The first-order chi connectivity index (χ1) is 15.2. The second-order valence-electron chi connectivity index (χ2n) is 7.51. The summed E-state index contributed by atoms with van der Waals surface area (Å²) in [4.78, 5) is 30.3. The van der Waals surface area contributed by atoms with Gasteiger partial charge in [-0.3, -0.25) is 14.6 Å². The van der Waals surface area contributed by atoms with Crippen LogP contribution in [0.3, 0.4) is 0 Å². The summed E-state index contributed by atoms with van der Waals surface area (Å²) < 4.78 is 8.94. The number of nitrogens with one attached hydrogen (secondary N) is 1. The van der Waals surface area contributed by atoms with Crippen LogP contribution in [0.5, 0.6) is 0 Å². The van der Waals surface area contributed by atoms with Gasteiger partial charge in [-0.2, -0.15) is 9.78 Å². The lowest BCUT2D eigenvalue weighted by Crippen LogP contribution is -2.20. The van der Waals surface area contributed by atoms with Crippen molar-refractivity contribution in [1.82, 2.24) is 19.3 Å².